The van der Waals surface area contributed by atoms with E-state index >= 15 is 0 Å². The fourth-order valence-electron chi connectivity index (χ4n) is 2.80. The minimum absolute atomic E-state index is 0.232. The molecule has 2 atom stereocenters. The van der Waals surface area contributed by atoms with Crippen LogP contribution in [0.3, 0.4) is 0 Å². The van der Waals surface area contributed by atoms with Crippen molar-refractivity contribution in [1.29, 1.82) is 0 Å². The van der Waals surface area contributed by atoms with Gasteiger partial charge in [-0.05, 0) is 44.0 Å². The van der Waals surface area contributed by atoms with Gasteiger partial charge in [0.2, 0.25) is 5.89 Å². The average molecular weight is 289 g/mol. The predicted octanol–water partition coefficient (Wildman–Crippen LogP) is 2.65. The molecule has 0 amide bonds. The molecular weight excluding hydrogens is 269 g/mol. The van der Waals surface area contributed by atoms with Crippen molar-refractivity contribution in [2.45, 2.75) is 25.9 Å². The predicted molar refractivity (Wildman–Crippen MR) is 78.9 cm³/mol. The summed E-state index contributed by atoms with van der Waals surface area (Å²) in [4.78, 5) is 6.78. The van der Waals surface area contributed by atoms with Crippen molar-refractivity contribution in [2.75, 3.05) is 13.1 Å². The fraction of sp³-hybridized carbons (Fsp3) is 0.438. The molecule has 2 heterocycles. The molecule has 1 aromatic heterocycles. The molecule has 5 heteroatoms. The summed E-state index contributed by atoms with van der Waals surface area (Å²) in [6, 6.07) is 6.52. The Morgan fingerprint density at radius 3 is 3.10 bits per heavy atom. The molecule has 1 aromatic carbocycles. The summed E-state index contributed by atoms with van der Waals surface area (Å²) in [6.45, 7) is 4.85. The zero-order valence-corrected chi connectivity index (χ0v) is 12.1. The van der Waals surface area contributed by atoms with Gasteiger partial charge < -0.3 is 10.2 Å². The number of benzene rings is 1. The zero-order valence-electron chi connectivity index (χ0n) is 12.1. The number of nitrogens with zero attached hydrogens (tertiary/aromatic N) is 2. The van der Waals surface area contributed by atoms with E-state index in [1.165, 1.54) is 12.1 Å². The molecule has 1 aliphatic rings. The van der Waals surface area contributed by atoms with E-state index in [0.29, 0.717) is 17.4 Å². The molecule has 1 aliphatic heterocycles. The number of oxazole rings is 1. The lowest BCUT2D eigenvalue weighted by atomic mass is 10.0. The maximum absolute atomic E-state index is 13.2. The van der Waals surface area contributed by atoms with Gasteiger partial charge in [-0.3, -0.25) is 4.90 Å². The highest BCUT2D eigenvalue weighted by molar-refractivity contribution is 5.52. The molecule has 0 saturated carbocycles. The van der Waals surface area contributed by atoms with E-state index in [4.69, 9.17) is 10.2 Å². The SMILES string of the molecule is CC(N)C1CCN(Cc2coc(-c3cccc(F)c3)n2)C1. The third-order valence-electron chi connectivity index (χ3n) is 4.06. The van der Waals surface area contributed by atoms with Crippen LogP contribution in [0, 0.1) is 11.7 Å². The van der Waals surface area contributed by atoms with Gasteiger partial charge in [-0.15, -0.1) is 0 Å². The average Bonchev–Trinajstić information content (AvgIpc) is 3.08. The van der Waals surface area contributed by atoms with E-state index in [0.717, 1.165) is 31.7 Å². The van der Waals surface area contributed by atoms with Gasteiger partial charge in [-0.2, -0.15) is 0 Å². The molecule has 0 radical (unpaired) electrons. The quantitative estimate of drug-likeness (QED) is 0.940. The second kappa shape index (κ2) is 5.95. The van der Waals surface area contributed by atoms with E-state index in [1.807, 2.05) is 0 Å². The minimum atomic E-state index is -0.286. The van der Waals surface area contributed by atoms with Crippen LogP contribution in [0.2, 0.25) is 0 Å². The standard InChI is InChI=1S/C16H20FN3O/c1-11(18)13-5-6-20(8-13)9-15-10-21-16(19-15)12-3-2-4-14(17)7-12/h2-4,7,10-11,13H,5-6,8-9,18H2,1H3. The third kappa shape index (κ3) is 3.31. The lowest BCUT2D eigenvalue weighted by Gasteiger charge is -2.16. The molecule has 112 valence electrons. The summed E-state index contributed by atoms with van der Waals surface area (Å²) >= 11 is 0. The first kappa shape index (κ1) is 14.2. The van der Waals surface area contributed by atoms with Crippen LogP contribution in [0.5, 0.6) is 0 Å². The van der Waals surface area contributed by atoms with Crippen LogP contribution < -0.4 is 5.73 Å². The largest absolute Gasteiger partial charge is 0.444 e. The smallest absolute Gasteiger partial charge is 0.226 e. The van der Waals surface area contributed by atoms with Crippen molar-refractivity contribution < 1.29 is 8.81 Å². The van der Waals surface area contributed by atoms with Crippen LogP contribution in [0.4, 0.5) is 4.39 Å². The Balaban J connectivity index is 1.66. The second-order valence-electron chi connectivity index (χ2n) is 5.80. The molecule has 0 spiro atoms. The molecule has 3 rings (SSSR count). The van der Waals surface area contributed by atoms with Crippen LogP contribution in [-0.2, 0) is 6.54 Å². The number of likely N-dealkylation sites (tertiary alicyclic amines) is 1. The Morgan fingerprint density at radius 2 is 2.38 bits per heavy atom. The summed E-state index contributed by atoms with van der Waals surface area (Å²) in [7, 11) is 0. The van der Waals surface area contributed by atoms with Crippen LogP contribution in [0.1, 0.15) is 19.0 Å². The Kier molecular flexibility index (Phi) is 4.03. The summed E-state index contributed by atoms with van der Waals surface area (Å²) in [6.07, 6.45) is 2.78. The number of hydrogen-bond donors (Lipinski definition) is 1. The lowest BCUT2D eigenvalue weighted by Crippen LogP contribution is -2.29. The van der Waals surface area contributed by atoms with E-state index in [-0.39, 0.29) is 11.9 Å². The van der Waals surface area contributed by atoms with Gasteiger partial charge in [0.1, 0.15) is 12.1 Å². The first-order valence-corrected chi connectivity index (χ1v) is 7.30. The van der Waals surface area contributed by atoms with Gasteiger partial charge in [-0.1, -0.05) is 6.07 Å². The van der Waals surface area contributed by atoms with Crippen molar-refractivity contribution in [2.24, 2.45) is 11.7 Å². The molecule has 2 N–H and O–H groups in total. The normalized spacial score (nSPS) is 20.8. The van der Waals surface area contributed by atoms with Crippen LogP contribution in [0.15, 0.2) is 34.9 Å². The van der Waals surface area contributed by atoms with E-state index < -0.39 is 0 Å². The molecule has 21 heavy (non-hydrogen) atoms. The minimum Gasteiger partial charge on any atom is -0.444 e. The molecule has 0 bridgehead atoms. The van der Waals surface area contributed by atoms with Crippen molar-refractivity contribution in [3.8, 4) is 11.5 Å². The van der Waals surface area contributed by atoms with Crippen molar-refractivity contribution in [3.63, 3.8) is 0 Å². The fourth-order valence-corrected chi connectivity index (χ4v) is 2.80. The molecular formula is C16H20FN3O. The lowest BCUT2D eigenvalue weighted by molar-refractivity contribution is 0.305. The van der Waals surface area contributed by atoms with Crippen molar-refractivity contribution in [1.82, 2.24) is 9.88 Å². The van der Waals surface area contributed by atoms with Crippen LogP contribution in [-0.4, -0.2) is 29.0 Å². The van der Waals surface area contributed by atoms with Crippen LogP contribution >= 0.6 is 0 Å². The first-order chi connectivity index (χ1) is 10.1. The highest BCUT2D eigenvalue weighted by Gasteiger charge is 2.25. The maximum atomic E-state index is 13.2. The zero-order chi connectivity index (χ0) is 14.8. The molecule has 2 unspecified atom stereocenters. The highest BCUT2D eigenvalue weighted by atomic mass is 19.1. The van der Waals surface area contributed by atoms with Gasteiger partial charge >= 0.3 is 0 Å². The number of halogens is 1. The second-order valence-corrected chi connectivity index (χ2v) is 5.80. The molecule has 0 aliphatic carbocycles. The monoisotopic (exact) mass is 289 g/mol. The molecule has 4 nitrogen and oxygen atoms in total. The summed E-state index contributed by atoms with van der Waals surface area (Å²) < 4.78 is 18.7. The number of aromatic nitrogens is 1. The van der Waals surface area contributed by atoms with Crippen molar-refractivity contribution in [3.05, 3.63) is 42.0 Å². The molecule has 1 fully saturated rings. The van der Waals surface area contributed by atoms with Gasteiger partial charge in [0.15, 0.2) is 0 Å². The van der Waals surface area contributed by atoms with Gasteiger partial charge in [0.05, 0.1) is 5.69 Å². The summed E-state index contributed by atoms with van der Waals surface area (Å²) in [5, 5.41) is 0. The first-order valence-electron chi connectivity index (χ1n) is 7.30. The highest BCUT2D eigenvalue weighted by Crippen LogP contribution is 2.23. The Hall–Kier alpha value is -1.72. The number of nitrogens with two attached hydrogens (primary N) is 1. The van der Waals surface area contributed by atoms with Crippen molar-refractivity contribution >= 4 is 0 Å². The Bertz CT molecular complexity index is 611. The van der Waals surface area contributed by atoms with Gasteiger partial charge in [0.25, 0.3) is 0 Å². The Morgan fingerprint density at radius 1 is 1.52 bits per heavy atom. The third-order valence-corrected chi connectivity index (χ3v) is 4.06. The number of rotatable bonds is 4. The summed E-state index contributed by atoms with van der Waals surface area (Å²) in [5.74, 6) is 0.735. The molecule has 2 aromatic rings. The van der Waals surface area contributed by atoms with Gasteiger partial charge in [-0.25, -0.2) is 9.37 Å². The summed E-state index contributed by atoms with van der Waals surface area (Å²) in [5.41, 5.74) is 7.49. The maximum Gasteiger partial charge on any atom is 0.226 e. The number of hydrogen-bond acceptors (Lipinski definition) is 4. The van der Waals surface area contributed by atoms with Crippen LogP contribution in [0.25, 0.3) is 11.5 Å². The van der Waals surface area contributed by atoms with Gasteiger partial charge in [0, 0.05) is 24.7 Å². The van der Waals surface area contributed by atoms with E-state index in [2.05, 4.69) is 16.8 Å². The van der Waals surface area contributed by atoms with E-state index in [1.54, 1.807) is 18.4 Å². The Labute approximate surface area is 123 Å². The van der Waals surface area contributed by atoms with E-state index in [9.17, 15) is 4.39 Å². The topological polar surface area (TPSA) is 55.3 Å². The molecule has 1 saturated heterocycles.